The van der Waals surface area contributed by atoms with Crippen molar-refractivity contribution in [2.45, 2.75) is 45.1 Å². The van der Waals surface area contributed by atoms with E-state index in [1.807, 2.05) is 18.2 Å². The van der Waals surface area contributed by atoms with E-state index >= 15 is 0 Å². The highest BCUT2D eigenvalue weighted by Crippen LogP contribution is 2.32. The Bertz CT molecular complexity index is 577. The molecule has 0 aliphatic carbocycles. The number of ether oxygens (including phenoxy) is 2. The highest BCUT2D eigenvalue weighted by atomic mass is 16.5. The number of nitrogens with zero attached hydrogens (tertiary/aromatic N) is 1. The lowest BCUT2D eigenvalue weighted by atomic mass is 9.86. The molecule has 1 aliphatic rings. The van der Waals surface area contributed by atoms with Gasteiger partial charge < -0.3 is 14.4 Å². The fourth-order valence-corrected chi connectivity index (χ4v) is 2.80. The Morgan fingerprint density at radius 1 is 1.22 bits per heavy atom. The average Bonchev–Trinajstić information content (AvgIpc) is 2.53. The molecule has 0 bridgehead atoms. The van der Waals surface area contributed by atoms with Crippen molar-refractivity contribution in [2.75, 3.05) is 20.2 Å². The second-order valence-corrected chi connectivity index (χ2v) is 6.87. The van der Waals surface area contributed by atoms with Crippen LogP contribution in [0.1, 0.15) is 39.2 Å². The number of rotatable bonds is 2. The highest BCUT2D eigenvalue weighted by molar-refractivity contribution is 6.32. The Morgan fingerprint density at radius 3 is 2.57 bits per heavy atom. The second-order valence-electron chi connectivity index (χ2n) is 6.87. The van der Waals surface area contributed by atoms with Crippen LogP contribution < -0.4 is 4.74 Å². The minimum absolute atomic E-state index is 0.0210. The van der Waals surface area contributed by atoms with Crippen molar-refractivity contribution in [1.29, 1.82) is 0 Å². The Kier molecular flexibility index (Phi) is 5.29. The summed E-state index contributed by atoms with van der Waals surface area (Å²) in [6.07, 6.45) is 1.56. The molecule has 0 aromatic heterocycles. The van der Waals surface area contributed by atoms with Crippen molar-refractivity contribution in [2.24, 2.45) is 0 Å². The summed E-state index contributed by atoms with van der Waals surface area (Å²) in [4.78, 5) is 24.9. The summed E-state index contributed by atoms with van der Waals surface area (Å²) in [5, 5.41) is 0. The van der Waals surface area contributed by atoms with Gasteiger partial charge in [0.15, 0.2) is 0 Å². The smallest absolute Gasteiger partial charge is 0.396 e. The number of piperidine rings is 1. The van der Waals surface area contributed by atoms with Crippen molar-refractivity contribution in [3.8, 4) is 5.75 Å². The van der Waals surface area contributed by atoms with E-state index in [0.717, 1.165) is 24.2 Å². The molecule has 1 fully saturated rings. The predicted octanol–water partition coefficient (Wildman–Crippen LogP) is 2.53. The van der Waals surface area contributed by atoms with Crippen molar-refractivity contribution >= 4 is 11.9 Å². The number of carbonyl (C=O) groups excluding carboxylic acids is 2. The van der Waals surface area contributed by atoms with Crippen LogP contribution in [0.2, 0.25) is 0 Å². The molecule has 2 rings (SSSR count). The van der Waals surface area contributed by atoms with Gasteiger partial charge in [0.05, 0.1) is 13.7 Å². The molecule has 0 spiro atoms. The number of para-hydroxylation sites is 1. The molecule has 1 unspecified atom stereocenters. The molecule has 1 amide bonds. The SMILES string of the molecule is COC(=O)C(=O)N1CCCC(Oc2ccccc2C(C)(C)C)C1. The van der Waals surface area contributed by atoms with Gasteiger partial charge in [0.25, 0.3) is 0 Å². The molecule has 0 radical (unpaired) electrons. The topological polar surface area (TPSA) is 55.8 Å². The van der Waals surface area contributed by atoms with Crippen LogP contribution in [0.15, 0.2) is 24.3 Å². The Hall–Kier alpha value is -2.04. The Morgan fingerprint density at radius 2 is 1.91 bits per heavy atom. The van der Waals surface area contributed by atoms with E-state index < -0.39 is 11.9 Å². The van der Waals surface area contributed by atoms with Crippen LogP contribution in [-0.4, -0.2) is 43.1 Å². The normalized spacial score (nSPS) is 18.4. The molecule has 1 aliphatic heterocycles. The molecule has 1 saturated heterocycles. The average molecular weight is 319 g/mol. The van der Waals surface area contributed by atoms with E-state index in [9.17, 15) is 9.59 Å². The van der Waals surface area contributed by atoms with Crippen LogP contribution >= 0.6 is 0 Å². The number of benzene rings is 1. The number of esters is 1. The maximum Gasteiger partial charge on any atom is 0.396 e. The number of carbonyl (C=O) groups is 2. The first-order valence-corrected chi connectivity index (χ1v) is 7.96. The maximum absolute atomic E-state index is 11.9. The molecule has 5 heteroatoms. The molecule has 1 heterocycles. The molecular weight excluding hydrogens is 294 g/mol. The number of hydrogen-bond donors (Lipinski definition) is 0. The van der Waals surface area contributed by atoms with Gasteiger partial charge in [-0.3, -0.25) is 4.79 Å². The number of likely N-dealkylation sites (tertiary alicyclic amines) is 1. The van der Waals surface area contributed by atoms with Gasteiger partial charge in [0.1, 0.15) is 11.9 Å². The summed E-state index contributed by atoms with van der Waals surface area (Å²) in [7, 11) is 1.22. The third kappa shape index (κ3) is 4.24. The van der Waals surface area contributed by atoms with Crippen LogP contribution in [0.4, 0.5) is 0 Å². The van der Waals surface area contributed by atoms with E-state index in [2.05, 4.69) is 31.6 Å². The van der Waals surface area contributed by atoms with E-state index in [-0.39, 0.29) is 11.5 Å². The van der Waals surface area contributed by atoms with Crippen LogP contribution in [0.25, 0.3) is 0 Å². The van der Waals surface area contributed by atoms with Gasteiger partial charge in [0, 0.05) is 6.54 Å². The zero-order valence-corrected chi connectivity index (χ0v) is 14.3. The van der Waals surface area contributed by atoms with Gasteiger partial charge in [0.2, 0.25) is 0 Å². The summed E-state index contributed by atoms with van der Waals surface area (Å²) >= 11 is 0. The van der Waals surface area contributed by atoms with Crippen molar-refractivity contribution < 1.29 is 19.1 Å². The third-order valence-electron chi connectivity index (χ3n) is 4.01. The Labute approximate surface area is 137 Å². The summed E-state index contributed by atoms with van der Waals surface area (Å²) < 4.78 is 10.7. The second kappa shape index (κ2) is 7.02. The third-order valence-corrected chi connectivity index (χ3v) is 4.01. The summed E-state index contributed by atoms with van der Waals surface area (Å²) in [5.41, 5.74) is 1.11. The van der Waals surface area contributed by atoms with Crippen molar-refractivity contribution in [1.82, 2.24) is 4.90 Å². The van der Waals surface area contributed by atoms with Crippen molar-refractivity contribution in [3.63, 3.8) is 0 Å². The number of hydrogen-bond acceptors (Lipinski definition) is 4. The molecule has 23 heavy (non-hydrogen) atoms. The van der Waals surface area contributed by atoms with Gasteiger partial charge >= 0.3 is 11.9 Å². The highest BCUT2D eigenvalue weighted by Gasteiger charge is 2.30. The zero-order valence-electron chi connectivity index (χ0n) is 14.3. The fourth-order valence-electron chi connectivity index (χ4n) is 2.80. The van der Waals surface area contributed by atoms with E-state index in [1.165, 1.54) is 12.0 Å². The predicted molar refractivity (Wildman–Crippen MR) is 87.4 cm³/mol. The lowest BCUT2D eigenvalue weighted by Crippen LogP contribution is -2.47. The molecule has 1 aromatic rings. The van der Waals surface area contributed by atoms with Gasteiger partial charge in [-0.1, -0.05) is 39.0 Å². The molecule has 0 saturated carbocycles. The first kappa shape index (κ1) is 17.3. The minimum Gasteiger partial charge on any atom is -0.488 e. The van der Waals surface area contributed by atoms with Crippen LogP contribution in [0.5, 0.6) is 5.75 Å². The maximum atomic E-state index is 11.9. The summed E-state index contributed by atoms with van der Waals surface area (Å²) in [5.74, 6) is -0.567. The largest absolute Gasteiger partial charge is 0.488 e. The van der Waals surface area contributed by atoms with Gasteiger partial charge in [-0.2, -0.15) is 0 Å². The number of amides is 1. The number of methoxy groups -OCH3 is 1. The Balaban J connectivity index is 2.09. The summed E-state index contributed by atoms with van der Waals surface area (Å²) in [6.45, 7) is 7.40. The first-order valence-electron chi connectivity index (χ1n) is 7.96. The molecular formula is C18H25NO4. The summed E-state index contributed by atoms with van der Waals surface area (Å²) in [6, 6.07) is 7.98. The molecule has 1 atom stereocenters. The molecule has 126 valence electrons. The quantitative estimate of drug-likeness (QED) is 0.621. The van der Waals surface area contributed by atoms with Crippen LogP contribution in [-0.2, 0) is 19.7 Å². The molecule has 0 N–H and O–H groups in total. The monoisotopic (exact) mass is 319 g/mol. The van der Waals surface area contributed by atoms with E-state index in [1.54, 1.807) is 0 Å². The van der Waals surface area contributed by atoms with Crippen LogP contribution in [0, 0.1) is 0 Å². The zero-order chi connectivity index (χ0) is 17.0. The lowest BCUT2D eigenvalue weighted by molar-refractivity contribution is -0.159. The van der Waals surface area contributed by atoms with Gasteiger partial charge in [-0.05, 0) is 29.9 Å². The van der Waals surface area contributed by atoms with Crippen LogP contribution in [0.3, 0.4) is 0 Å². The van der Waals surface area contributed by atoms with Crippen molar-refractivity contribution in [3.05, 3.63) is 29.8 Å². The van der Waals surface area contributed by atoms with Gasteiger partial charge in [-0.15, -0.1) is 0 Å². The minimum atomic E-state index is -0.819. The molecule has 5 nitrogen and oxygen atoms in total. The van der Waals surface area contributed by atoms with Gasteiger partial charge in [-0.25, -0.2) is 4.79 Å². The van der Waals surface area contributed by atoms with E-state index in [4.69, 9.17) is 4.74 Å². The molecule has 1 aromatic carbocycles. The first-order chi connectivity index (χ1) is 10.8. The fraction of sp³-hybridized carbons (Fsp3) is 0.556. The van der Waals surface area contributed by atoms with E-state index in [0.29, 0.717) is 13.1 Å². The standard InChI is InChI=1S/C18H25NO4/c1-18(2,3)14-9-5-6-10-15(14)23-13-8-7-11-19(12-13)16(20)17(21)22-4/h5-6,9-10,13H,7-8,11-12H2,1-4H3. The lowest BCUT2D eigenvalue weighted by Gasteiger charge is -2.33.